The Morgan fingerprint density at radius 2 is 1.64 bits per heavy atom. The highest BCUT2D eigenvalue weighted by molar-refractivity contribution is 5.87. The summed E-state index contributed by atoms with van der Waals surface area (Å²) in [5.41, 5.74) is -0.612. The summed E-state index contributed by atoms with van der Waals surface area (Å²) in [5.74, 6) is -2.30. The summed E-state index contributed by atoms with van der Waals surface area (Å²) < 4.78 is 5.40. The number of aliphatic carboxylic acids is 1. The Labute approximate surface area is 131 Å². The number of nitrogens with zero attached hydrogens (tertiary/aromatic N) is 1. The van der Waals surface area contributed by atoms with E-state index in [2.05, 4.69) is 0 Å². The first kappa shape index (κ1) is 18.5. The molecule has 0 aromatic carbocycles. The van der Waals surface area contributed by atoms with Crippen LogP contribution >= 0.6 is 0 Å². The molecule has 1 aliphatic rings. The highest BCUT2D eigenvalue weighted by Crippen LogP contribution is 2.35. The quantitative estimate of drug-likeness (QED) is 0.784. The molecule has 0 unspecified atom stereocenters. The molecule has 0 aliphatic heterocycles. The maximum Gasteiger partial charge on any atom is 0.329 e. The van der Waals surface area contributed by atoms with E-state index in [0.717, 1.165) is 0 Å². The van der Waals surface area contributed by atoms with Crippen LogP contribution in [0.3, 0.4) is 0 Å². The average molecular weight is 313 g/mol. The number of carboxylic acids is 1. The van der Waals surface area contributed by atoms with E-state index in [1.54, 1.807) is 27.8 Å². The van der Waals surface area contributed by atoms with Crippen molar-refractivity contribution in [1.82, 2.24) is 4.90 Å². The van der Waals surface area contributed by atoms with Gasteiger partial charge in [0.1, 0.15) is 11.6 Å². The largest absolute Gasteiger partial charge is 0.481 e. The Hall–Kier alpha value is -1.59. The van der Waals surface area contributed by atoms with Crippen LogP contribution in [0.15, 0.2) is 0 Å². The zero-order valence-corrected chi connectivity index (χ0v) is 14.3. The van der Waals surface area contributed by atoms with E-state index in [1.165, 1.54) is 4.90 Å². The van der Waals surface area contributed by atoms with Gasteiger partial charge in [0.2, 0.25) is 5.91 Å². The molecule has 1 atom stereocenters. The number of carboxylic acid groups (broad SMARTS) is 1. The van der Waals surface area contributed by atoms with Gasteiger partial charge in [0.05, 0.1) is 5.92 Å². The molecule has 1 N–H and O–H groups in total. The number of hydrogen-bond donors (Lipinski definition) is 1. The fourth-order valence-corrected chi connectivity index (χ4v) is 2.69. The number of amides is 1. The van der Waals surface area contributed by atoms with E-state index in [1.807, 2.05) is 13.8 Å². The van der Waals surface area contributed by atoms with Crippen LogP contribution in [0.2, 0.25) is 0 Å². The molecular formula is C16H27NO5. The number of carbonyl (C=O) groups excluding carboxylic acids is 2. The monoisotopic (exact) mass is 313 g/mol. The van der Waals surface area contributed by atoms with Gasteiger partial charge in [0.25, 0.3) is 0 Å². The molecule has 0 radical (unpaired) electrons. The zero-order chi connectivity index (χ0) is 17.2. The van der Waals surface area contributed by atoms with E-state index < -0.39 is 29.5 Å². The van der Waals surface area contributed by atoms with Gasteiger partial charge in [-0.15, -0.1) is 0 Å². The van der Waals surface area contributed by atoms with Gasteiger partial charge in [0.15, 0.2) is 0 Å². The molecule has 6 nitrogen and oxygen atoms in total. The standard InChI is InChI=1S/C16H27NO5/c1-9(2)12(15(21)22-16(3,4)5)17(6)13(18)10-7-11(8-10)14(19)20/h9-12H,7-8H2,1-6H3,(H,19,20)/t10?,11?,12-/m0/s1. The average Bonchev–Trinajstić information content (AvgIpc) is 2.22. The van der Waals surface area contributed by atoms with Gasteiger partial charge in [-0.3, -0.25) is 9.59 Å². The van der Waals surface area contributed by atoms with Gasteiger partial charge in [-0.1, -0.05) is 13.8 Å². The van der Waals surface area contributed by atoms with Gasteiger partial charge in [-0.2, -0.15) is 0 Å². The first-order valence-corrected chi connectivity index (χ1v) is 7.66. The smallest absolute Gasteiger partial charge is 0.329 e. The summed E-state index contributed by atoms with van der Waals surface area (Å²) in [4.78, 5) is 37.0. The predicted molar refractivity (Wildman–Crippen MR) is 81.1 cm³/mol. The topological polar surface area (TPSA) is 83.9 Å². The van der Waals surface area contributed by atoms with Gasteiger partial charge < -0.3 is 14.7 Å². The van der Waals surface area contributed by atoms with E-state index in [4.69, 9.17) is 9.84 Å². The number of esters is 1. The summed E-state index contributed by atoms with van der Waals surface area (Å²) in [7, 11) is 1.59. The van der Waals surface area contributed by atoms with E-state index >= 15 is 0 Å². The minimum atomic E-state index is -0.862. The predicted octanol–water partition coefficient (Wildman–Crippen LogP) is 1.92. The molecule has 1 saturated carbocycles. The molecule has 126 valence electrons. The van der Waals surface area contributed by atoms with Crippen LogP contribution in [0.4, 0.5) is 0 Å². The second-order valence-electron chi connectivity index (χ2n) is 7.37. The molecule has 0 saturated heterocycles. The van der Waals surface area contributed by atoms with Crippen molar-refractivity contribution in [1.29, 1.82) is 0 Å². The molecule has 0 bridgehead atoms. The van der Waals surface area contributed by atoms with E-state index in [9.17, 15) is 14.4 Å². The van der Waals surface area contributed by atoms with Crippen molar-refractivity contribution in [2.45, 2.75) is 59.1 Å². The molecule has 0 heterocycles. The fourth-order valence-electron chi connectivity index (χ4n) is 2.69. The maximum atomic E-state index is 12.4. The lowest BCUT2D eigenvalue weighted by Gasteiger charge is -2.38. The van der Waals surface area contributed by atoms with Crippen molar-refractivity contribution in [2.24, 2.45) is 17.8 Å². The van der Waals surface area contributed by atoms with Gasteiger partial charge in [0, 0.05) is 13.0 Å². The van der Waals surface area contributed by atoms with Gasteiger partial charge >= 0.3 is 11.9 Å². The fraction of sp³-hybridized carbons (Fsp3) is 0.812. The molecule has 6 heteroatoms. The van der Waals surface area contributed by atoms with Crippen molar-refractivity contribution in [3.05, 3.63) is 0 Å². The molecule has 1 rings (SSSR count). The van der Waals surface area contributed by atoms with Crippen LogP contribution in [0.1, 0.15) is 47.5 Å². The van der Waals surface area contributed by atoms with E-state index in [0.29, 0.717) is 12.8 Å². The summed E-state index contributed by atoms with van der Waals surface area (Å²) in [6.45, 7) is 9.08. The third-order valence-corrected chi connectivity index (χ3v) is 3.88. The van der Waals surface area contributed by atoms with E-state index in [-0.39, 0.29) is 17.7 Å². The van der Waals surface area contributed by atoms with Gasteiger partial charge in [-0.05, 0) is 39.5 Å². The summed E-state index contributed by atoms with van der Waals surface area (Å²) in [5, 5.41) is 8.89. The lowest BCUT2D eigenvalue weighted by molar-refractivity contribution is -0.168. The molecular weight excluding hydrogens is 286 g/mol. The number of hydrogen-bond acceptors (Lipinski definition) is 4. The lowest BCUT2D eigenvalue weighted by Crippen LogP contribution is -2.52. The highest BCUT2D eigenvalue weighted by Gasteiger charge is 2.43. The van der Waals surface area contributed by atoms with Crippen molar-refractivity contribution >= 4 is 17.8 Å². The Balaban J connectivity index is 2.73. The van der Waals surface area contributed by atoms with Gasteiger partial charge in [-0.25, -0.2) is 4.79 Å². The first-order chi connectivity index (χ1) is 9.94. The van der Waals surface area contributed by atoms with Crippen molar-refractivity contribution in [2.75, 3.05) is 7.05 Å². The van der Waals surface area contributed by atoms with Crippen molar-refractivity contribution in [3.63, 3.8) is 0 Å². The third kappa shape index (κ3) is 4.45. The number of rotatable bonds is 5. The van der Waals surface area contributed by atoms with Crippen LogP contribution in [0.25, 0.3) is 0 Å². The molecule has 1 aliphatic carbocycles. The normalized spacial score (nSPS) is 22.7. The molecule has 0 spiro atoms. The zero-order valence-electron chi connectivity index (χ0n) is 14.3. The number of ether oxygens (including phenoxy) is 1. The molecule has 1 amide bonds. The Morgan fingerprint density at radius 1 is 1.14 bits per heavy atom. The summed E-state index contributed by atoms with van der Waals surface area (Å²) in [6, 6.07) is -0.657. The SMILES string of the molecule is CC(C)[C@@H](C(=O)OC(C)(C)C)N(C)C(=O)C1CC(C(=O)O)C1. The van der Waals surface area contributed by atoms with Crippen molar-refractivity contribution < 1.29 is 24.2 Å². The Bertz CT molecular complexity index is 446. The number of likely N-dealkylation sites (N-methyl/N-ethyl adjacent to an activating group) is 1. The minimum absolute atomic E-state index is 0.0841. The van der Waals surface area contributed by atoms with Crippen LogP contribution in [-0.4, -0.2) is 46.5 Å². The van der Waals surface area contributed by atoms with Crippen LogP contribution in [0, 0.1) is 17.8 Å². The summed E-state index contributed by atoms with van der Waals surface area (Å²) >= 11 is 0. The lowest BCUT2D eigenvalue weighted by atomic mass is 9.74. The molecule has 1 fully saturated rings. The number of carbonyl (C=O) groups is 3. The molecule has 0 aromatic rings. The molecule has 22 heavy (non-hydrogen) atoms. The highest BCUT2D eigenvalue weighted by atomic mass is 16.6. The van der Waals surface area contributed by atoms with Crippen molar-refractivity contribution in [3.8, 4) is 0 Å². The Kier molecular flexibility index (Phi) is 5.59. The second kappa shape index (κ2) is 6.67. The van der Waals surface area contributed by atoms with Crippen LogP contribution < -0.4 is 0 Å². The summed E-state index contributed by atoms with van der Waals surface area (Å²) in [6.07, 6.45) is 0.690. The Morgan fingerprint density at radius 3 is 2.00 bits per heavy atom. The third-order valence-electron chi connectivity index (χ3n) is 3.88. The minimum Gasteiger partial charge on any atom is -0.481 e. The molecule has 0 aromatic heterocycles. The first-order valence-electron chi connectivity index (χ1n) is 7.66. The second-order valence-corrected chi connectivity index (χ2v) is 7.37. The van der Waals surface area contributed by atoms with Crippen LogP contribution in [-0.2, 0) is 19.1 Å². The maximum absolute atomic E-state index is 12.4. The van der Waals surface area contributed by atoms with Crippen LogP contribution in [0.5, 0.6) is 0 Å².